The van der Waals surface area contributed by atoms with Crippen LogP contribution in [0.15, 0.2) is 36.7 Å². The van der Waals surface area contributed by atoms with Gasteiger partial charge < -0.3 is 10.5 Å². The molecule has 4 rings (SSSR count). The van der Waals surface area contributed by atoms with Crippen molar-refractivity contribution in [3.8, 4) is 11.8 Å². The smallest absolute Gasteiger partial charge is 0.251 e. The van der Waals surface area contributed by atoms with E-state index in [1.807, 2.05) is 0 Å². The fourth-order valence-electron chi connectivity index (χ4n) is 4.44. The number of pyridine rings is 1. The molecule has 1 aromatic carbocycles. The lowest BCUT2D eigenvalue weighted by atomic mass is 9.81. The summed E-state index contributed by atoms with van der Waals surface area (Å²) in [7, 11) is 0. The number of hydrogen-bond acceptors (Lipinski definition) is 6. The van der Waals surface area contributed by atoms with Gasteiger partial charge in [0.25, 0.3) is 5.91 Å². The van der Waals surface area contributed by atoms with E-state index in [1.165, 1.54) is 29.5 Å². The maximum absolute atomic E-state index is 13.6. The van der Waals surface area contributed by atoms with Gasteiger partial charge in [-0.3, -0.25) is 19.4 Å². The molecule has 2 N–H and O–H groups in total. The lowest BCUT2D eigenvalue weighted by molar-refractivity contribution is -0.183. The second kappa shape index (κ2) is 9.96. The summed E-state index contributed by atoms with van der Waals surface area (Å²) in [5.41, 5.74) is 6.24. The molecule has 2 aromatic rings. The van der Waals surface area contributed by atoms with E-state index in [0.717, 1.165) is 18.4 Å². The molecule has 2 fully saturated rings. The maximum Gasteiger partial charge on any atom is 0.251 e. The molecule has 1 aliphatic heterocycles. The van der Waals surface area contributed by atoms with E-state index in [-0.39, 0.29) is 29.3 Å². The molecule has 2 heterocycles. The largest absolute Gasteiger partial charge is 0.493 e. The van der Waals surface area contributed by atoms with Gasteiger partial charge in [0.1, 0.15) is 17.6 Å². The average molecular weight is 452 g/mol. The predicted octanol–water partition coefficient (Wildman–Crippen LogP) is 3.28. The zero-order valence-electron chi connectivity index (χ0n) is 18.1. The summed E-state index contributed by atoms with van der Waals surface area (Å²) in [4.78, 5) is 34.2. The first-order valence-electron chi connectivity index (χ1n) is 11.0. The molecule has 1 saturated heterocycles. The summed E-state index contributed by atoms with van der Waals surface area (Å²) in [6.07, 6.45) is 6.88. The highest BCUT2D eigenvalue weighted by Crippen LogP contribution is 2.36. The molecule has 1 atom stereocenters. The van der Waals surface area contributed by atoms with Crippen LogP contribution in [-0.2, 0) is 9.63 Å². The Labute approximate surface area is 191 Å². The molecular formula is C24H25FN4O4. The minimum Gasteiger partial charge on any atom is -0.493 e. The lowest BCUT2D eigenvalue weighted by Gasteiger charge is -2.31. The summed E-state index contributed by atoms with van der Waals surface area (Å²) < 4.78 is 19.4. The number of benzene rings is 1. The Hall–Kier alpha value is -3.51. The SMILES string of the molecule is N#Cc1cncc([C@@H]2CCON2C(=O)C2CCC(COc3ccc(F)c(C(N)=O)c3)CC2)c1. The van der Waals surface area contributed by atoms with Crippen molar-refractivity contribution in [3.05, 3.63) is 59.2 Å². The second-order valence-electron chi connectivity index (χ2n) is 8.46. The molecule has 172 valence electrons. The van der Waals surface area contributed by atoms with Crippen LogP contribution in [0.3, 0.4) is 0 Å². The van der Waals surface area contributed by atoms with Crippen molar-refractivity contribution in [3.63, 3.8) is 0 Å². The van der Waals surface area contributed by atoms with Gasteiger partial charge in [0.15, 0.2) is 0 Å². The maximum atomic E-state index is 13.6. The summed E-state index contributed by atoms with van der Waals surface area (Å²) >= 11 is 0. The number of carbonyl (C=O) groups is 2. The summed E-state index contributed by atoms with van der Waals surface area (Å²) in [6, 6.07) is 7.54. The minimum atomic E-state index is -0.838. The quantitative estimate of drug-likeness (QED) is 0.719. The number of ether oxygens (including phenoxy) is 1. The number of carbonyl (C=O) groups excluding carboxylic acids is 2. The first-order valence-corrected chi connectivity index (χ1v) is 11.0. The number of nitrogens with two attached hydrogens (primary N) is 1. The number of nitrogens with zero attached hydrogens (tertiary/aromatic N) is 3. The fourth-order valence-corrected chi connectivity index (χ4v) is 4.44. The number of halogens is 1. The van der Waals surface area contributed by atoms with Crippen LogP contribution in [0.2, 0.25) is 0 Å². The number of hydrogen-bond donors (Lipinski definition) is 1. The van der Waals surface area contributed by atoms with E-state index in [2.05, 4.69) is 11.1 Å². The molecule has 1 aliphatic carbocycles. The third-order valence-electron chi connectivity index (χ3n) is 6.28. The van der Waals surface area contributed by atoms with Crippen molar-refractivity contribution in [1.29, 1.82) is 5.26 Å². The molecule has 2 aliphatic rings. The summed E-state index contributed by atoms with van der Waals surface area (Å²) in [5.74, 6) is -1.04. The van der Waals surface area contributed by atoms with Gasteiger partial charge in [-0.1, -0.05) is 0 Å². The van der Waals surface area contributed by atoms with Gasteiger partial charge in [-0.25, -0.2) is 9.45 Å². The summed E-state index contributed by atoms with van der Waals surface area (Å²) in [5, 5.41) is 10.6. The first-order chi connectivity index (χ1) is 16.0. The monoisotopic (exact) mass is 452 g/mol. The highest BCUT2D eigenvalue weighted by Gasteiger charge is 2.37. The topological polar surface area (TPSA) is 119 Å². The second-order valence-corrected chi connectivity index (χ2v) is 8.46. The van der Waals surface area contributed by atoms with Gasteiger partial charge in [0, 0.05) is 24.7 Å². The molecule has 2 amide bonds. The van der Waals surface area contributed by atoms with Crippen molar-refractivity contribution in [1.82, 2.24) is 10.0 Å². The van der Waals surface area contributed by atoms with Crippen LogP contribution in [-0.4, -0.2) is 35.1 Å². The predicted molar refractivity (Wildman–Crippen MR) is 115 cm³/mol. The van der Waals surface area contributed by atoms with Crippen molar-refractivity contribution < 1.29 is 23.6 Å². The minimum absolute atomic E-state index is 0.0381. The van der Waals surface area contributed by atoms with E-state index < -0.39 is 11.7 Å². The van der Waals surface area contributed by atoms with Crippen LogP contribution >= 0.6 is 0 Å². The van der Waals surface area contributed by atoms with Crippen LogP contribution in [0, 0.1) is 29.0 Å². The van der Waals surface area contributed by atoms with Crippen molar-refractivity contribution >= 4 is 11.8 Å². The number of rotatable bonds is 6. The van der Waals surface area contributed by atoms with Crippen LogP contribution < -0.4 is 10.5 Å². The molecule has 1 saturated carbocycles. The Morgan fingerprint density at radius 2 is 2.00 bits per heavy atom. The molecule has 0 unspecified atom stereocenters. The van der Waals surface area contributed by atoms with E-state index in [4.69, 9.17) is 20.6 Å². The standard InChI is InChI=1S/C24H25FN4O4/c25-21-6-5-19(10-20(21)23(27)30)32-14-15-1-3-17(4-2-15)24(31)29-22(7-8-33-29)18-9-16(11-26)12-28-13-18/h5-6,9-10,12-13,15,17,22H,1-4,7-8,14H2,(H2,27,30)/t15?,17?,22-/m0/s1. The zero-order valence-corrected chi connectivity index (χ0v) is 18.1. The van der Waals surface area contributed by atoms with Crippen molar-refractivity contribution in [2.24, 2.45) is 17.6 Å². The van der Waals surface area contributed by atoms with Crippen LogP contribution in [0.5, 0.6) is 5.75 Å². The fraction of sp³-hybridized carbons (Fsp3) is 0.417. The molecule has 0 spiro atoms. The molecule has 0 bridgehead atoms. The number of primary amides is 1. The number of aromatic nitrogens is 1. The third-order valence-corrected chi connectivity index (χ3v) is 6.28. The Morgan fingerprint density at radius 3 is 2.73 bits per heavy atom. The van der Waals surface area contributed by atoms with E-state index in [0.29, 0.717) is 43.8 Å². The van der Waals surface area contributed by atoms with Gasteiger partial charge in [0.05, 0.1) is 30.4 Å². The Kier molecular flexibility index (Phi) is 6.84. The van der Waals surface area contributed by atoms with Gasteiger partial charge in [-0.05, 0) is 61.4 Å². The summed E-state index contributed by atoms with van der Waals surface area (Å²) in [6.45, 7) is 0.863. The molecule has 0 radical (unpaired) electrons. The zero-order chi connectivity index (χ0) is 23.4. The van der Waals surface area contributed by atoms with E-state index in [1.54, 1.807) is 12.3 Å². The van der Waals surface area contributed by atoms with E-state index >= 15 is 0 Å². The molecule has 1 aromatic heterocycles. The molecule has 33 heavy (non-hydrogen) atoms. The van der Waals surface area contributed by atoms with Crippen molar-refractivity contribution in [2.75, 3.05) is 13.2 Å². The van der Waals surface area contributed by atoms with Gasteiger partial charge >= 0.3 is 0 Å². The Bertz CT molecular complexity index is 1080. The number of hydroxylamine groups is 2. The van der Waals surface area contributed by atoms with Crippen LogP contribution in [0.25, 0.3) is 0 Å². The normalized spacial score (nSPS) is 22.5. The van der Waals surface area contributed by atoms with Gasteiger partial charge in [-0.15, -0.1) is 0 Å². The van der Waals surface area contributed by atoms with Gasteiger partial charge in [0.2, 0.25) is 5.91 Å². The average Bonchev–Trinajstić information content (AvgIpc) is 3.33. The van der Waals surface area contributed by atoms with Crippen molar-refractivity contribution in [2.45, 2.75) is 38.1 Å². The molecule has 9 heteroatoms. The molecule has 8 nitrogen and oxygen atoms in total. The first kappa shape index (κ1) is 22.7. The highest BCUT2D eigenvalue weighted by molar-refractivity contribution is 5.93. The Balaban J connectivity index is 1.31. The molecular weight excluding hydrogens is 427 g/mol. The highest BCUT2D eigenvalue weighted by atomic mass is 19.1. The number of amides is 2. The Morgan fingerprint density at radius 1 is 1.21 bits per heavy atom. The lowest BCUT2D eigenvalue weighted by Crippen LogP contribution is -2.37. The van der Waals surface area contributed by atoms with Gasteiger partial charge in [-0.2, -0.15) is 5.26 Å². The number of nitriles is 1. The third kappa shape index (κ3) is 5.12. The van der Waals surface area contributed by atoms with Crippen LogP contribution in [0.1, 0.15) is 59.6 Å². The van der Waals surface area contributed by atoms with E-state index in [9.17, 15) is 14.0 Å². The van der Waals surface area contributed by atoms with Crippen LogP contribution in [0.4, 0.5) is 4.39 Å².